The van der Waals surface area contributed by atoms with Gasteiger partial charge >= 0.3 is 0 Å². The zero-order valence-corrected chi connectivity index (χ0v) is 8.87. The van der Waals surface area contributed by atoms with Crippen LogP contribution < -0.4 is 5.11 Å². The van der Waals surface area contributed by atoms with Crippen LogP contribution in [0.3, 0.4) is 0 Å². The minimum absolute atomic E-state index is 0. The summed E-state index contributed by atoms with van der Waals surface area (Å²) in [5, 5.41) is 9.96. The summed E-state index contributed by atoms with van der Waals surface area (Å²) in [5.41, 5.74) is 0.801. The summed E-state index contributed by atoms with van der Waals surface area (Å²) in [5.74, 6) is -1.03. The van der Waals surface area contributed by atoms with Crippen molar-refractivity contribution in [3.05, 3.63) is 60.2 Å². The van der Waals surface area contributed by atoms with Crippen LogP contribution in [0.2, 0.25) is 0 Å². The fourth-order valence-electron chi connectivity index (χ4n) is 0.879. The summed E-state index contributed by atoms with van der Waals surface area (Å²) in [6.07, 6.45) is 0.0208. The van der Waals surface area contributed by atoms with Crippen LogP contribution in [0.5, 0.6) is 0 Å². The van der Waals surface area contributed by atoms with Crippen LogP contribution in [0, 0.1) is 24.3 Å². The zero-order valence-electron chi connectivity index (χ0n) is 7.76. The third kappa shape index (κ3) is 6.72. The van der Waals surface area contributed by atoms with E-state index in [1.807, 2.05) is 0 Å². The quantitative estimate of drug-likeness (QED) is 0.558. The summed E-state index contributed by atoms with van der Waals surface area (Å²) < 4.78 is 0. The minimum atomic E-state index is -1.03. The molecule has 3 heteroatoms. The van der Waals surface area contributed by atoms with Crippen molar-refractivity contribution in [2.75, 3.05) is 0 Å². The van der Waals surface area contributed by atoms with Gasteiger partial charge in [-0.2, -0.15) is 17.7 Å². The predicted molar refractivity (Wildman–Crippen MR) is 48.1 cm³/mol. The Morgan fingerprint density at radius 3 is 2.13 bits per heavy atom. The van der Waals surface area contributed by atoms with E-state index >= 15 is 0 Å². The molecule has 0 aliphatic heterocycles. The molecule has 0 atom stereocenters. The van der Waals surface area contributed by atoms with Crippen molar-refractivity contribution in [1.29, 1.82) is 0 Å². The van der Waals surface area contributed by atoms with Gasteiger partial charge in [0, 0.05) is 23.0 Å². The molecule has 2 nitrogen and oxygen atoms in total. The number of carbonyl (C=O) groups excluding carboxylic acids is 1. The van der Waals surface area contributed by atoms with Gasteiger partial charge in [0.05, 0.1) is 0 Å². The Balaban J connectivity index is 0.000000280. The predicted octanol–water partition coefficient (Wildman–Crippen LogP) is 0.302. The first-order valence-corrected chi connectivity index (χ1v) is 4.02. The van der Waals surface area contributed by atoms with E-state index < -0.39 is 5.97 Å². The Kier molecular flexibility index (Phi) is 7.33. The molecular weight excluding hydrogens is 232 g/mol. The largest absolute Gasteiger partial charge is 0.999 e. The molecule has 0 N–H and O–H groups in total. The van der Waals surface area contributed by atoms with Gasteiger partial charge in [-0.05, 0) is 6.42 Å². The summed E-state index contributed by atoms with van der Waals surface area (Å²) in [4.78, 5) is 9.96. The van der Waals surface area contributed by atoms with Gasteiger partial charge in [-0.15, -0.1) is 0 Å². The average molecular weight is 239 g/mol. The van der Waals surface area contributed by atoms with E-state index in [1.54, 1.807) is 30.3 Å². The van der Waals surface area contributed by atoms with Crippen molar-refractivity contribution in [3.8, 4) is 0 Å². The third-order valence-corrected chi connectivity index (χ3v) is 1.43. The van der Waals surface area contributed by atoms with Crippen LogP contribution in [0.25, 0.3) is 0 Å². The monoisotopic (exact) mass is 239 g/mol. The molecule has 82 valence electrons. The molecule has 0 aliphatic carbocycles. The molecule has 0 saturated heterocycles. The first-order chi connectivity index (χ1) is 6.79. The Bertz CT molecular complexity index is 318. The van der Waals surface area contributed by atoms with Gasteiger partial charge in [0.1, 0.15) is 0 Å². The molecular formula is C12H7FeO2-7. The van der Waals surface area contributed by atoms with E-state index in [1.165, 1.54) is 0 Å². The van der Waals surface area contributed by atoms with Gasteiger partial charge in [0.25, 0.3) is 0 Å². The molecule has 2 rings (SSSR count). The molecule has 0 aliphatic rings. The third-order valence-electron chi connectivity index (χ3n) is 1.43. The van der Waals surface area contributed by atoms with Crippen LogP contribution in [0.15, 0.2) is 30.3 Å². The molecule has 2 aromatic carbocycles. The minimum Gasteiger partial charge on any atom is -0.999 e. The number of hydrogen-bond donors (Lipinski definition) is 0. The molecule has 0 amide bonds. The topological polar surface area (TPSA) is 40.1 Å². The first-order valence-electron chi connectivity index (χ1n) is 4.02. The molecule has 2 aromatic rings. The molecule has 0 bridgehead atoms. The van der Waals surface area contributed by atoms with Crippen LogP contribution in [0.1, 0.15) is 5.56 Å². The van der Waals surface area contributed by atoms with Gasteiger partial charge in [0.15, 0.2) is 0 Å². The molecule has 0 unspecified atom stereocenters. The zero-order chi connectivity index (χ0) is 10.2. The molecule has 0 heterocycles. The van der Waals surface area contributed by atoms with Crippen molar-refractivity contribution in [2.45, 2.75) is 6.42 Å². The number of carboxylic acids is 1. The van der Waals surface area contributed by atoms with Gasteiger partial charge in [-0.1, -0.05) is 0 Å². The Morgan fingerprint density at radius 2 is 1.80 bits per heavy atom. The van der Waals surface area contributed by atoms with Gasteiger partial charge in [-0.25, -0.2) is 12.1 Å². The van der Waals surface area contributed by atoms with E-state index in [9.17, 15) is 9.90 Å². The molecule has 0 fully saturated rings. The fraction of sp³-hybridized carbons (Fsp3) is 0.0833. The maximum absolute atomic E-state index is 9.96. The number of carbonyl (C=O) groups is 1. The maximum Gasteiger partial charge on any atom is 0.0342 e. The summed E-state index contributed by atoms with van der Waals surface area (Å²) in [6, 6.07) is 19.1. The van der Waals surface area contributed by atoms with Gasteiger partial charge in [-0.3, -0.25) is 0 Å². The molecule has 0 aromatic heterocycles. The smallest absolute Gasteiger partial charge is 0.0342 e. The van der Waals surface area contributed by atoms with E-state index in [0.29, 0.717) is 0 Å². The summed E-state index contributed by atoms with van der Waals surface area (Å²) in [6.45, 7) is 0. The van der Waals surface area contributed by atoms with Crippen molar-refractivity contribution in [1.82, 2.24) is 0 Å². The van der Waals surface area contributed by atoms with Crippen LogP contribution in [0.4, 0.5) is 0 Å². The Labute approximate surface area is 99.8 Å². The Morgan fingerprint density at radius 1 is 1.27 bits per heavy atom. The standard InChI is InChI=1S/C7H7O2.C5H.Fe/c8-7(9)5-6-3-1-2-4-6;1-2-4-5-3-1;/h1-4H,5H2,(H,8,9);1H;/q-1;-5;/p-1. The van der Waals surface area contributed by atoms with Crippen LogP contribution in [-0.2, 0) is 28.3 Å². The van der Waals surface area contributed by atoms with E-state index in [0.717, 1.165) is 5.56 Å². The molecule has 15 heavy (non-hydrogen) atoms. The fourth-order valence-corrected chi connectivity index (χ4v) is 0.879. The van der Waals surface area contributed by atoms with Crippen molar-refractivity contribution < 1.29 is 27.0 Å². The Hall–Kier alpha value is -1.31. The molecule has 0 saturated carbocycles. The second kappa shape index (κ2) is 8.04. The number of carboxylic acid groups (broad SMARTS) is 1. The summed E-state index contributed by atoms with van der Waals surface area (Å²) in [7, 11) is 0. The van der Waals surface area contributed by atoms with E-state index in [-0.39, 0.29) is 23.5 Å². The normalized spacial score (nSPS) is 8.27. The second-order valence-electron chi connectivity index (χ2n) is 2.52. The van der Waals surface area contributed by atoms with Gasteiger partial charge in [0.2, 0.25) is 0 Å². The van der Waals surface area contributed by atoms with Crippen molar-refractivity contribution in [2.24, 2.45) is 0 Å². The van der Waals surface area contributed by atoms with Crippen LogP contribution in [-0.4, -0.2) is 5.97 Å². The van der Waals surface area contributed by atoms with Gasteiger partial charge < -0.3 is 40.2 Å². The second-order valence-corrected chi connectivity index (χ2v) is 2.52. The van der Waals surface area contributed by atoms with Crippen molar-refractivity contribution in [3.63, 3.8) is 0 Å². The summed E-state index contributed by atoms with van der Waals surface area (Å²) >= 11 is 0. The number of hydrogen-bond acceptors (Lipinski definition) is 2. The molecule has 0 spiro atoms. The van der Waals surface area contributed by atoms with E-state index in [4.69, 9.17) is 0 Å². The molecule has 0 radical (unpaired) electrons. The maximum atomic E-state index is 9.96. The van der Waals surface area contributed by atoms with Crippen molar-refractivity contribution >= 4 is 5.97 Å². The van der Waals surface area contributed by atoms with Crippen LogP contribution >= 0.6 is 0 Å². The average Bonchev–Trinajstić information content (AvgIpc) is 2.75. The number of rotatable bonds is 2. The van der Waals surface area contributed by atoms with E-state index in [2.05, 4.69) is 24.3 Å². The SMILES string of the molecule is O=C([O-])C[c-]1cccc1.[Fe].[c-]1[c-][c-][cH-][c-]1. The number of aliphatic carboxylic acids is 1. The first kappa shape index (κ1) is 13.7.